The number of hydrogen-bond acceptors (Lipinski definition) is 4. The summed E-state index contributed by atoms with van der Waals surface area (Å²) in [5, 5.41) is 2.61. The van der Waals surface area contributed by atoms with Crippen LogP contribution in [0.4, 0.5) is 0 Å². The van der Waals surface area contributed by atoms with E-state index in [4.69, 9.17) is 0 Å². The summed E-state index contributed by atoms with van der Waals surface area (Å²) in [7, 11) is 0. The topological polar surface area (TPSA) is 38.7 Å². The molecule has 4 heterocycles. The van der Waals surface area contributed by atoms with E-state index in [0.29, 0.717) is 0 Å². The molecule has 3 nitrogen and oxygen atoms in total. The molecule has 0 N–H and O–H groups in total. The van der Waals surface area contributed by atoms with Gasteiger partial charge in [0.25, 0.3) is 0 Å². The second-order valence-electron chi connectivity index (χ2n) is 9.90. The van der Waals surface area contributed by atoms with Gasteiger partial charge in [-0.1, -0.05) is 60.0 Å². The Bertz CT molecular complexity index is 1900. The maximum absolute atomic E-state index is 4.54. The standard InChI is InChI=1S/C18H12NS.2C11H8N.Ir/c1-12-9-10-16(19-11-12)15-7-4-6-14-13-5-2-3-8-17(13)20-18(14)15;2*1-2-6-10(7-3-1)11-8-4-5-9-12-11;/h2-6,8-11H,1H3;2*1-6,8-9H;/q3*-1;+3. The number of aryl methyl sites for hydroxylation is 1. The second-order valence-corrected chi connectivity index (χ2v) is 10.9. The number of fused-ring (bicyclic) bond motifs is 3. The summed E-state index contributed by atoms with van der Waals surface area (Å²) >= 11 is 1.82. The molecule has 0 spiro atoms. The molecular formula is C40H28IrN3S. The van der Waals surface area contributed by atoms with Gasteiger partial charge in [-0.05, 0) is 57.9 Å². The molecule has 0 fully saturated rings. The molecule has 0 saturated carbocycles. The molecule has 45 heavy (non-hydrogen) atoms. The third kappa shape index (κ3) is 8.03. The fraction of sp³-hybridized carbons (Fsp3) is 0.0250. The van der Waals surface area contributed by atoms with Crippen molar-refractivity contribution >= 4 is 31.5 Å². The zero-order valence-electron chi connectivity index (χ0n) is 24.5. The summed E-state index contributed by atoms with van der Waals surface area (Å²) in [5.41, 5.74) is 7.29. The largest absolute Gasteiger partial charge is 3.00 e. The fourth-order valence-electron chi connectivity index (χ4n) is 4.65. The molecule has 218 valence electrons. The Balaban J connectivity index is 0.000000139. The van der Waals surface area contributed by atoms with Crippen molar-refractivity contribution in [1.82, 2.24) is 15.0 Å². The minimum absolute atomic E-state index is 0. The third-order valence-corrected chi connectivity index (χ3v) is 8.01. The van der Waals surface area contributed by atoms with Crippen LogP contribution in [0.15, 0.2) is 152 Å². The number of rotatable bonds is 3. The van der Waals surface area contributed by atoms with Gasteiger partial charge in [-0.2, -0.15) is 11.3 Å². The maximum atomic E-state index is 4.54. The van der Waals surface area contributed by atoms with E-state index in [0.717, 1.165) is 33.8 Å². The Kier molecular flexibility index (Phi) is 11.1. The Morgan fingerprint density at radius 2 is 1.13 bits per heavy atom. The van der Waals surface area contributed by atoms with Gasteiger partial charge >= 0.3 is 20.1 Å². The summed E-state index contributed by atoms with van der Waals surface area (Å²) < 4.78 is 2.58. The zero-order chi connectivity index (χ0) is 30.0. The minimum atomic E-state index is 0. The van der Waals surface area contributed by atoms with Crippen LogP contribution in [0.1, 0.15) is 5.56 Å². The van der Waals surface area contributed by atoms with Gasteiger partial charge in [-0.15, -0.1) is 95.6 Å². The molecule has 8 aromatic rings. The zero-order valence-corrected chi connectivity index (χ0v) is 27.7. The Labute approximate surface area is 281 Å². The van der Waals surface area contributed by atoms with E-state index in [1.54, 1.807) is 12.4 Å². The molecule has 4 aromatic carbocycles. The van der Waals surface area contributed by atoms with Crippen LogP contribution in [-0.2, 0) is 20.1 Å². The van der Waals surface area contributed by atoms with Gasteiger partial charge in [0.1, 0.15) is 0 Å². The molecule has 0 bridgehead atoms. The Morgan fingerprint density at radius 1 is 0.511 bits per heavy atom. The van der Waals surface area contributed by atoms with Crippen LogP contribution in [0.3, 0.4) is 0 Å². The van der Waals surface area contributed by atoms with E-state index < -0.39 is 0 Å². The quantitative estimate of drug-likeness (QED) is 0.168. The van der Waals surface area contributed by atoms with Crippen molar-refractivity contribution in [2.45, 2.75) is 6.92 Å². The molecule has 0 aliphatic carbocycles. The smallest absolute Gasteiger partial charge is 0.305 e. The number of nitrogens with zero attached hydrogens (tertiary/aromatic N) is 3. The SMILES string of the molecule is Cc1ccc(-c2[c-]ccc3c2sc2ccccc23)nc1.[Ir+3].[c-]1ccccc1-c1ccccn1.[c-]1ccccc1-c1ccccn1. The van der Waals surface area contributed by atoms with Crippen molar-refractivity contribution in [2.75, 3.05) is 0 Å². The maximum Gasteiger partial charge on any atom is 3.00 e. The minimum Gasteiger partial charge on any atom is -0.305 e. The Morgan fingerprint density at radius 3 is 1.69 bits per heavy atom. The van der Waals surface area contributed by atoms with Gasteiger partial charge in [0.15, 0.2) is 0 Å². The molecule has 0 aliphatic rings. The molecule has 0 aliphatic heterocycles. The van der Waals surface area contributed by atoms with Crippen molar-refractivity contribution in [3.05, 3.63) is 176 Å². The predicted molar refractivity (Wildman–Crippen MR) is 183 cm³/mol. The van der Waals surface area contributed by atoms with Gasteiger partial charge in [0, 0.05) is 23.3 Å². The summed E-state index contributed by atoms with van der Waals surface area (Å²) in [5.74, 6) is 0. The molecular weight excluding hydrogens is 747 g/mol. The average molecular weight is 775 g/mol. The number of benzene rings is 4. The summed E-state index contributed by atoms with van der Waals surface area (Å²) in [4.78, 5) is 13.0. The third-order valence-electron chi connectivity index (χ3n) is 6.81. The van der Waals surface area contributed by atoms with Crippen molar-refractivity contribution < 1.29 is 20.1 Å². The van der Waals surface area contributed by atoms with Gasteiger partial charge in [0.2, 0.25) is 0 Å². The normalized spacial score (nSPS) is 10.2. The van der Waals surface area contributed by atoms with Crippen LogP contribution in [-0.4, -0.2) is 15.0 Å². The van der Waals surface area contributed by atoms with Gasteiger partial charge < -0.3 is 15.0 Å². The van der Waals surface area contributed by atoms with Crippen molar-refractivity contribution in [2.24, 2.45) is 0 Å². The van der Waals surface area contributed by atoms with Crippen LogP contribution in [0.5, 0.6) is 0 Å². The second kappa shape index (κ2) is 15.8. The van der Waals surface area contributed by atoms with E-state index in [1.807, 2.05) is 109 Å². The first-order valence-corrected chi connectivity index (χ1v) is 15.1. The summed E-state index contributed by atoms with van der Waals surface area (Å²) in [6.07, 6.45) is 5.49. The van der Waals surface area contributed by atoms with Crippen LogP contribution in [0, 0.1) is 25.1 Å². The van der Waals surface area contributed by atoms with Crippen LogP contribution < -0.4 is 0 Å². The summed E-state index contributed by atoms with van der Waals surface area (Å²) in [6.45, 7) is 2.06. The number of aromatic nitrogens is 3. The monoisotopic (exact) mass is 775 g/mol. The van der Waals surface area contributed by atoms with E-state index in [9.17, 15) is 0 Å². The molecule has 8 rings (SSSR count). The number of thiophene rings is 1. The molecule has 0 atom stereocenters. The first-order valence-electron chi connectivity index (χ1n) is 14.3. The molecule has 0 unspecified atom stereocenters. The molecule has 0 amide bonds. The molecule has 5 heteroatoms. The first kappa shape index (κ1) is 31.6. The van der Waals surface area contributed by atoms with Crippen LogP contribution in [0.2, 0.25) is 0 Å². The fourth-order valence-corrected chi connectivity index (χ4v) is 5.85. The van der Waals surface area contributed by atoms with Gasteiger partial charge in [-0.25, -0.2) is 0 Å². The van der Waals surface area contributed by atoms with Gasteiger partial charge in [0.05, 0.1) is 0 Å². The van der Waals surface area contributed by atoms with Crippen LogP contribution in [0.25, 0.3) is 53.9 Å². The molecule has 0 saturated heterocycles. The average Bonchev–Trinajstić information content (AvgIpc) is 3.50. The first-order chi connectivity index (χ1) is 21.8. The van der Waals surface area contributed by atoms with Crippen molar-refractivity contribution in [3.63, 3.8) is 0 Å². The number of hydrogen-bond donors (Lipinski definition) is 0. The van der Waals surface area contributed by atoms with E-state index in [1.165, 1.54) is 25.7 Å². The van der Waals surface area contributed by atoms with E-state index >= 15 is 0 Å². The van der Waals surface area contributed by atoms with Crippen molar-refractivity contribution in [1.29, 1.82) is 0 Å². The number of pyridine rings is 3. The molecule has 4 aromatic heterocycles. The van der Waals surface area contributed by atoms with E-state index in [2.05, 4.69) is 82.5 Å². The summed E-state index contributed by atoms with van der Waals surface area (Å²) in [6, 6.07) is 53.8. The Hall–Kier alpha value is -4.80. The van der Waals surface area contributed by atoms with E-state index in [-0.39, 0.29) is 20.1 Å². The predicted octanol–water partition coefficient (Wildman–Crippen LogP) is 10.3. The van der Waals surface area contributed by atoms with Crippen LogP contribution >= 0.6 is 11.3 Å². The molecule has 0 radical (unpaired) electrons. The van der Waals surface area contributed by atoms with Gasteiger partial charge in [-0.3, -0.25) is 0 Å². The van der Waals surface area contributed by atoms with Crippen molar-refractivity contribution in [3.8, 4) is 33.8 Å².